The van der Waals surface area contributed by atoms with Crippen LogP contribution in [0.5, 0.6) is 0 Å². The van der Waals surface area contributed by atoms with Gasteiger partial charge in [0.2, 0.25) is 0 Å². The Hall–Kier alpha value is -6.48. The van der Waals surface area contributed by atoms with Gasteiger partial charge in [-0.2, -0.15) is 0 Å². The molecule has 2 heteroatoms. The summed E-state index contributed by atoms with van der Waals surface area (Å²) >= 11 is 1.73. The number of rotatable bonds is 5. The molecule has 0 amide bonds. The lowest BCUT2D eigenvalue weighted by Gasteiger charge is -2.17. The van der Waals surface area contributed by atoms with Gasteiger partial charge in [-0.25, -0.2) is 0 Å². The number of hydrogen-bond acceptors (Lipinski definition) is 2. The second kappa shape index (κ2) is 13.8. The predicted molar refractivity (Wildman–Crippen MR) is 237 cm³/mol. The zero-order chi connectivity index (χ0) is 36.8. The van der Waals surface area contributed by atoms with Crippen LogP contribution in [0.3, 0.4) is 0 Å². The first-order valence-electron chi connectivity index (χ1n) is 18.3. The summed E-state index contributed by atoms with van der Waals surface area (Å²) < 4.78 is 8.71. The largest absolute Gasteiger partial charge is 0.455 e. The van der Waals surface area contributed by atoms with Crippen LogP contribution in [-0.4, -0.2) is 0 Å². The van der Waals surface area contributed by atoms with Gasteiger partial charge >= 0.3 is 0 Å². The third-order valence-corrected chi connectivity index (χ3v) is 11.7. The number of furan rings is 1. The smallest absolute Gasteiger partial charge is 0.144 e. The first-order valence-corrected chi connectivity index (χ1v) is 19.1. The highest BCUT2D eigenvalue weighted by Gasteiger charge is 2.16. The quantitative estimate of drug-likeness (QED) is 0.173. The van der Waals surface area contributed by atoms with Gasteiger partial charge in [-0.15, -0.1) is 11.3 Å². The molecule has 9 rings (SSSR count). The molecular weight excluding hydrogens is 673 g/mol. The summed E-state index contributed by atoms with van der Waals surface area (Å²) in [7, 11) is 0. The van der Waals surface area contributed by atoms with Crippen molar-refractivity contribution in [1.29, 1.82) is 0 Å². The number of fused-ring (bicyclic) bond motifs is 8. The highest BCUT2D eigenvalue weighted by atomic mass is 32.1. The molecule has 1 aliphatic carbocycles. The maximum atomic E-state index is 6.47. The topological polar surface area (TPSA) is 13.1 Å². The molecule has 0 saturated carbocycles. The Morgan fingerprint density at radius 3 is 2.09 bits per heavy atom. The van der Waals surface area contributed by atoms with E-state index in [1.807, 2.05) is 30.3 Å². The summed E-state index contributed by atoms with van der Waals surface area (Å²) in [6, 6.07) is 46.7. The Morgan fingerprint density at radius 1 is 0.593 bits per heavy atom. The van der Waals surface area contributed by atoms with Crippen LogP contribution in [0.2, 0.25) is 0 Å². The second-order valence-electron chi connectivity index (χ2n) is 13.9. The molecule has 0 bridgehead atoms. The standard InChI is InChI=1S/C52H38OS/c1-33-15-9-10-16-40(33)31-35(3)41-17-7-5-6-8-18-42(44-20-12-11-19-43(41)44)38-25-23-37(24-26-38)34(2)32-48-36(4)54-52-47(48)30-28-39-27-29-46-45-21-13-14-22-49(45)53-51(46)50(39)52/h5-23,25,27-32H,1-4,24,26H2/b6-5?,7-5?,8-6?,17-7?,18-8?,40-31-,41-17?,42-18?,43-41?,44-42?,48-32+. The SMILES string of the molecule is C=C(/C=c1\c(=C)sc2c1ccc1ccc3c4ccccc4oc3c12)C1=CC=C(c2ccccccc(C(=C)/C=c3/ccccc3=C)c3ccccc23)CC1. The maximum absolute atomic E-state index is 6.47. The zero-order valence-electron chi connectivity index (χ0n) is 30.1. The third kappa shape index (κ3) is 5.91. The van der Waals surface area contributed by atoms with E-state index in [1.54, 1.807) is 11.3 Å². The van der Waals surface area contributed by atoms with Crippen LogP contribution in [0.15, 0.2) is 174 Å². The monoisotopic (exact) mass is 710 g/mol. The van der Waals surface area contributed by atoms with Gasteiger partial charge in [0.1, 0.15) is 11.2 Å². The Labute approximate surface area is 318 Å². The first kappa shape index (κ1) is 33.4. The molecule has 8 aromatic rings. The summed E-state index contributed by atoms with van der Waals surface area (Å²) in [5.74, 6) is 0. The van der Waals surface area contributed by atoms with Crippen molar-refractivity contribution in [1.82, 2.24) is 0 Å². The van der Waals surface area contributed by atoms with Gasteiger partial charge in [0.05, 0.1) is 0 Å². The lowest BCUT2D eigenvalue weighted by atomic mass is 9.88. The van der Waals surface area contributed by atoms with E-state index in [1.165, 1.54) is 37.6 Å². The van der Waals surface area contributed by atoms with Crippen LogP contribution in [0.4, 0.5) is 0 Å². The third-order valence-electron chi connectivity index (χ3n) is 10.6. The van der Waals surface area contributed by atoms with Crippen LogP contribution in [0.25, 0.3) is 90.0 Å². The van der Waals surface area contributed by atoms with Crippen LogP contribution in [-0.2, 0) is 0 Å². The Bertz CT molecular complexity index is 3240. The number of thiophene rings is 1. The minimum Gasteiger partial charge on any atom is -0.455 e. The lowest BCUT2D eigenvalue weighted by molar-refractivity contribution is 0.673. The molecule has 6 aromatic carbocycles. The van der Waals surface area contributed by atoms with Gasteiger partial charge in [0, 0.05) is 36.0 Å². The number of hydrogen-bond donors (Lipinski definition) is 0. The molecule has 0 unspecified atom stereocenters. The van der Waals surface area contributed by atoms with E-state index in [9.17, 15) is 0 Å². The van der Waals surface area contributed by atoms with Crippen molar-refractivity contribution in [3.63, 3.8) is 0 Å². The summed E-state index contributed by atoms with van der Waals surface area (Å²) in [4.78, 5) is 0. The van der Waals surface area contributed by atoms with Gasteiger partial charge in [0.25, 0.3) is 0 Å². The van der Waals surface area contributed by atoms with Crippen molar-refractivity contribution in [2.24, 2.45) is 0 Å². The molecule has 1 aliphatic rings. The minimum absolute atomic E-state index is 0.894. The fraction of sp³-hybridized carbons (Fsp3) is 0.0385. The molecule has 54 heavy (non-hydrogen) atoms. The van der Waals surface area contributed by atoms with Gasteiger partial charge in [0.15, 0.2) is 0 Å². The fourth-order valence-corrected chi connectivity index (χ4v) is 8.95. The van der Waals surface area contributed by atoms with Crippen molar-refractivity contribution in [3.05, 3.63) is 201 Å². The van der Waals surface area contributed by atoms with Crippen molar-refractivity contribution in [3.8, 4) is 0 Å². The van der Waals surface area contributed by atoms with Crippen molar-refractivity contribution in [2.45, 2.75) is 12.8 Å². The average Bonchev–Trinajstić information content (AvgIpc) is 3.74. The molecule has 2 heterocycles. The minimum atomic E-state index is 0.894. The predicted octanol–water partition coefficient (Wildman–Crippen LogP) is 11.7. The maximum Gasteiger partial charge on any atom is 0.144 e. The van der Waals surface area contributed by atoms with E-state index >= 15 is 0 Å². The summed E-state index contributed by atoms with van der Waals surface area (Å²) in [6.45, 7) is 17.8. The zero-order valence-corrected chi connectivity index (χ0v) is 30.9. The molecule has 0 radical (unpaired) electrons. The van der Waals surface area contributed by atoms with Crippen LogP contribution < -0.4 is 20.2 Å². The average molecular weight is 711 g/mol. The highest BCUT2D eigenvalue weighted by Crippen LogP contribution is 2.38. The Kier molecular flexibility index (Phi) is 8.54. The molecule has 0 fully saturated rings. The number of allylic oxidation sites excluding steroid dienone is 6. The Morgan fingerprint density at radius 2 is 1.30 bits per heavy atom. The van der Waals surface area contributed by atoms with Crippen LogP contribution in [0.1, 0.15) is 24.0 Å². The molecule has 0 saturated heterocycles. The molecule has 1 nitrogen and oxygen atoms in total. The van der Waals surface area contributed by atoms with E-state index < -0.39 is 0 Å². The van der Waals surface area contributed by atoms with Crippen LogP contribution >= 0.6 is 11.3 Å². The summed E-state index contributed by atoms with van der Waals surface area (Å²) in [6.07, 6.45) is 10.7. The van der Waals surface area contributed by atoms with E-state index in [2.05, 4.69) is 154 Å². The molecule has 0 atom stereocenters. The Balaban J connectivity index is 1.13. The van der Waals surface area contributed by atoms with E-state index in [-0.39, 0.29) is 0 Å². The second-order valence-corrected chi connectivity index (χ2v) is 15.0. The first-order chi connectivity index (χ1) is 26.4. The van der Waals surface area contributed by atoms with E-state index in [0.29, 0.717) is 0 Å². The van der Waals surface area contributed by atoms with E-state index in [0.717, 1.165) is 82.5 Å². The van der Waals surface area contributed by atoms with Gasteiger partial charge in [-0.3, -0.25) is 0 Å². The molecule has 2 aromatic heterocycles. The van der Waals surface area contributed by atoms with Crippen molar-refractivity contribution < 1.29 is 4.42 Å². The molecule has 0 N–H and O–H groups in total. The van der Waals surface area contributed by atoms with Crippen molar-refractivity contribution >= 4 is 101 Å². The van der Waals surface area contributed by atoms with E-state index in [4.69, 9.17) is 4.42 Å². The normalized spacial score (nSPS) is 13.8. The molecular formula is C52H38OS. The van der Waals surface area contributed by atoms with Crippen molar-refractivity contribution in [2.75, 3.05) is 0 Å². The van der Waals surface area contributed by atoms with Gasteiger partial charge in [-0.05, 0) is 97.1 Å². The number of benzene rings is 5. The van der Waals surface area contributed by atoms with Crippen LogP contribution in [0, 0.1) is 0 Å². The summed E-state index contributed by atoms with van der Waals surface area (Å²) in [5, 5.41) is 11.3. The highest BCUT2D eigenvalue weighted by molar-refractivity contribution is 7.18. The van der Waals surface area contributed by atoms with Gasteiger partial charge in [-0.1, -0.05) is 160 Å². The molecule has 258 valence electrons. The summed E-state index contributed by atoms with van der Waals surface area (Å²) in [5.41, 5.74) is 8.65. The number of para-hydroxylation sites is 1. The molecule has 0 aliphatic heterocycles. The lowest BCUT2D eigenvalue weighted by Crippen LogP contribution is -2.21. The fourth-order valence-electron chi connectivity index (χ4n) is 7.83. The molecule has 0 spiro atoms. The van der Waals surface area contributed by atoms with Gasteiger partial charge < -0.3 is 4.42 Å².